The second kappa shape index (κ2) is 55.8. The van der Waals surface area contributed by atoms with E-state index in [4.69, 9.17) is 76.4 Å². The molecule has 147 heavy (non-hydrogen) atoms. The number of hydrogen-bond donors (Lipinski definition) is 10. The Labute approximate surface area is 857 Å². The van der Waals surface area contributed by atoms with Crippen molar-refractivity contribution in [3.05, 3.63) is 130 Å². The molecule has 3 aromatic carbocycles. The van der Waals surface area contributed by atoms with Crippen molar-refractivity contribution >= 4 is 108 Å². The molecule has 6 aromatic rings. The number of aromatic nitrogens is 4. The number of fused-ring (bicyclic) bond motifs is 4. The molecule has 10 N–H and O–H groups in total. The Morgan fingerprint density at radius 1 is 0.660 bits per heavy atom. The van der Waals surface area contributed by atoms with Gasteiger partial charge in [-0.15, -0.1) is 0 Å². The minimum atomic E-state index is -4.68. The molecule has 3 saturated carbocycles. The molecule has 44 nitrogen and oxygen atoms in total. The number of aliphatic carboxylic acids is 1. The lowest BCUT2D eigenvalue weighted by Gasteiger charge is -2.66. The Hall–Kier alpha value is -10.6. The van der Waals surface area contributed by atoms with E-state index in [1.807, 2.05) is 52.9 Å². The number of carbonyl (C=O) groups excluding carboxylic acids is 8. The van der Waals surface area contributed by atoms with E-state index in [1.54, 1.807) is 45.4 Å². The van der Waals surface area contributed by atoms with Gasteiger partial charge in [0.15, 0.2) is 16.9 Å². The van der Waals surface area contributed by atoms with Crippen LogP contribution in [0.1, 0.15) is 135 Å². The zero-order valence-electron chi connectivity index (χ0n) is 84.3. The number of anilines is 3. The number of nitrogens with one attached hydrogen (secondary N) is 4. The van der Waals surface area contributed by atoms with Crippen LogP contribution in [0, 0.1) is 35.5 Å². The van der Waals surface area contributed by atoms with Gasteiger partial charge in [0.25, 0.3) is 27.8 Å². The lowest BCUT2D eigenvalue weighted by Crippen LogP contribution is -2.63. The first-order chi connectivity index (χ1) is 70.5. The summed E-state index contributed by atoms with van der Waals surface area (Å²) in [7, 11) is -3.06. The number of thiazole rings is 1. The second-order valence-electron chi connectivity index (χ2n) is 38.4. The lowest BCUT2D eigenvalue weighted by atomic mass is 9.42. The van der Waals surface area contributed by atoms with Crippen molar-refractivity contribution in [3.8, 4) is 11.1 Å². The van der Waals surface area contributed by atoms with Crippen LogP contribution in [-0.2, 0) is 143 Å². The highest BCUT2D eigenvalue weighted by Gasteiger charge is 2.64. The molecule has 8 amide bonds. The number of aryl methyl sites for hydroxylation is 1. The average Bonchev–Trinajstić information content (AvgIpc) is 1.55. The smallest absolute Gasteiger partial charge is 0.410 e. The summed E-state index contributed by atoms with van der Waals surface area (Å²) >= 11 is 1.38. The van der Waals surface area contributed by atoms with Gasteiger partial charge in [-0.3, -0.25) is 53.0 Å². The number of hydrogen-bond acceptors (Lipinski definition) is 34. The van der Waals surface area contributed by atoms with E-state index in [2.05, 4.69) is 40.1 Å². The quantitative estimate of drug-likeness (QED) is 0.0124. The summed E-state index contributed by atoms with van der Waals surface area (Å²) < 4.78 is 117. The number of amides is 8. The molecule has 0 radical (unpaired) electrons. The molecule has 808 valence electrons. The number of benzene rings is 3. The number of rotatable bonds is 64. The highest BCUT2D eigenvalue weighted by atomic mass is 32.2. The first-order valence-electron chi connectivity index (χ1n) is 49.9. The van der Waals surface area contributed by atoms with Gasteiger partial charge in [0.2, 0.25) is 23.6 Å². The Bertz CT molecular complexity index is 5530. The highest BCUT2D eigenvalue weighted by Crippen LogP contribution is 2.68. The van der Waals surface area contributed by atoms with E-state index >= 15 is 0 Å². The fourth-order valence-electron chi connectivity index (χ4n) is 20.2. The molecule has 46 heteroatoms. The fraction of sp³-hybridized carbons (Fsp3) is 0.614. The number of nitrogens with zero attached hydrogens (tertiary/aromatic N) is 8. The molecule has 3 bridgehead atoms. The summed E-state index contributed by atoms with van der Waals surface area (Å²) in [6.45, 7) is 17.8. The molecule has 3 aliphatic carbocycles. The molecule has 6 aliphatic rings. The summed E-state index contributed by atoms with van der Waals surface area (Å²) in [5.41, 5.74) is 3.98. The van der Waals surface area contributed by atoms with Crippen LogP contribution in [0.5, 0.6) is 0 Å². The van der Waals surface area contributed by atoms with E-state index in [0.717, 1.165) is 68.3 Å². The van der Waals surface area contributed by atoms with Crippen LogP contribution in [0.3, 0.4) is 0 Å². The van der Waals surface area contributed by atoms with Crippen LogP contribution in [0.4, 0.5) is 21.4 Å². The number of aromatic carboxylic acids is 1. The minimum Gasteiger partial charge on any atom is -0.479 e. The first-order valence-corrected chi connectivity index (χ1v) is 52.3. The van der Waals surface area contributed by atoms with Crippen molar-refractivity contribution < 1.29 is 153 Å². The third kappa shape index (κ3) is 33.2. The van der Waals surface area contributed by atoms with Gasteiger partial charge < -0.3 is 122 Å². The number of methoxy groups -OCH3 is 1. The van der Waals surface area contributed by atoms with Crippen LogP contribution in [0.2, 0.25) is 0 Å². The Morgan fingerprint density at radius 2 is 1.28 bits per heavy atom. The topological polar surface area (TPSA) is 560 Å². The number of carbonyl (C=O) groups is 10. The zero-order valence-corrected chi connectivity index (χ0v) is 86.0. The molecule has 5 unspecified atom stereocenters. The molecule has 4 fully saturated rings. The Morgan fingerprint density at radius 3 is 1.88 bits per heavy atom. The SMILES string of the molecule is COCCOCCOCCOCCOCCOCCOCCOCCOCCOCCOCCN(CCC(=O)N[C@H](C(=O)N[C@@H](C)C(=O)Nc1ccc(COC(=O)N(CCOC23CC(C)C4CCC(C)(C2)CC4(Cn2ncc(-c4ccc(N5CCc6cccc(C(=O)Nc7nc8ccccc8s7)c6C5)nc4C(=O)O)c2C)C3)CCS(=O)(=O)O)c(CC[C@@H]2O[C@H](C(=O)O)[C@@H](O)[C@H](O)[C@H]2O)c1)C(C)C)C(=O)CN1C(=O)C=CC1=O. The molecular formula is C101H140N12O32S2. The predicted octanol–water partition coefficient (Wildman–Crippen LogP) is 5.69. The van der Waals surface area contributed by atoms with Gasteiger partial charge in [0.05, 0.1) is 179 Å². The summed E-state index contributed by atoms with van der Waals surface area (Å²) in [5, 5.41) is 69.8. The van der Waals surface area contributed by atoms with Gasteiger partial charge in [0.1, 0.15) is 49.4 Å². The van der Waals surface area contributed by atoms with E-state index in [-0.39, 0.29) is 124 Å². The second-order valence-corrected chi connectivity index (χ2v) is 41.0. The van der Waals surface area contributed by atoms with E-state index in [0.29, 0.717) is 184 Å². The zero-order chi connectivity index (χ0) is 105. The standard InChI is InChI=1S/C101H140N12O32S2/c1-65(2)86(107-82(114)25-28-109(85(117)59-112-83(115)21-22-84(112)116)29-32-133-36-37-135-40-41-137-44-45-139-48-49-141-52-53-142-51-50-140-47-46-138-43-42-136-39-38-134-35-34-132-7)94(123)103-67(4)92(121)104-72-17-15-71(70(55-72)16-19-79-88(118)89(119)90(120)91(145-79)96(126)127)60-143-98(128)110(31-54-147(129,130)131)30-33-144-101-56-66(3)77-23-26-99(6,62-101)61-100(77,63-101)64-113-68(5)75(57-102-113)73-18-20-81(106-87(73)95(124)125)111-27-24-69-11-10-12-74(76(69)58-111)93(122)108-97-105-78-13-8-9-14-80(78)146-97/h8-15,17-18,20-22,55,57,65-67,77,79,86,88-91,118-120H,16,19,23-54,56,58-64H2,1-7H3,(H,103,123)(H,104,121)(H,107,114)(H,124,125)(H,126,127)(H,105,108,122)(H,129,130,131)/t66?,67-,77?,79-,86-,88-,89+,90-,91-,99?,100?,101?/m0/s1. The maximum absolute atomic E-state index is 14.6. The molecule has 12 atom stereocenters. The number of carboxylic acid groups (broad SMARTS) is 2. The van der Waals surface area contributed by atoms with Crippen LogP contribution in [0.15, 0.2) is 91.1 Å². The van der Waals surface area contributed by atoms with Gasteiger partial charge in [-0.2, -0.15) is 13.5 Å². The number of aliphatic hydroxyl groups excluding tert-OH is 3. The number of ether oxygens (including phenoxy) is 14. The minimum absolute atomic E-state index is 0.0348. The van der Waals surface area contributed by atoms with Crippen molar-refractivity contribution in [3.63, 3.8) is 0 Å². The van der Waals surface area contributed by atoms with E-state index in [9.17, 15) is 86.4 Å². The number of imide groups is 1. The monoisotopic (exact) mass is 2100 g/mol. The van der Waals surface area contributed by atoms with Crippen molar-refractivity contribution in [2.24, 2.45) is 28.6 Å². The summed E-state index contributed by atoms with van der Waals surface area (Å²) in [5.74, 6) is -8.07. The van der Waals surface area contributed by atoms with Crippen LogP contribution >= 0.6 is 11.3 Å². The van der Waals surface area contributed by atoms with Crippen molar-refractivity contribution in [1.29, 1.82) is 0 Å². The van der Waals surface area contributed by atoms with Gasteiger partial charge in [-0.1, -0.05) is 69.4 Å². The van der Waals surface area contributed by atoms with Gasteiger partial charge in [-0.25, -0.2) is 24.4 Å². The largest absolute Gasteiger partial charge is 0.479 e. The molecule has 1 saturated heterocycles. The third-order valence-electron chi connectivity index (χ3n) is 27.3. The Kier molecular flexibility index (Phi) is 43.7. The van der Waals surface area contributed by atoms with Crippen LogP contribution in [-0.4, -0.2) is 378 Å². The fourth-order valence-corrected chi connectivity index (χ4v) is 21.5. The molecule has 3 aromatic heterocycles. The summed E-state index contributed by atoms with van der Waals surface area (Å²) in [4.78, 5) is 149. The molecule has 0 spiro atoms. The van der Waals surface area contributed by atoms with Gasteiger partial charge >= 0.3 is 18.0 Å². The Balaban J connectivity index is 0.610. The highest BCUT2D eigenvalue weighted by molar-refractivity contribution is 7.85. The van der Waals surface area contributed by atoms with Crippen molar-refractivity contribution in [1.82, 2.24) is 45.1 Å². The van der Waals surface area contributed by atoms with Gasteiger partial charge in [-0.05, 0) is 165 Å². The van der Waals surface area contributed by atoms with Gasteiger partial charge in [0, 0.05) is 99.6 Å². The maximum Gasteiger partial charge on any atom is 0.410 e. The number of aliphatic hydroxyl groups is 3. The average molecular weight is 2100 g/mol. The summed E-state index contributed by atoms with van der Waals surface area (Å²) in [6, 6.07) is 18.7. The number of pyridine rings is 1. The summed E-state index contributed by atoms with van der Waals surface area (Å²) in [6.07, 6.45) is -1.84. The number of para-hydroxylation sites is 1. The molecular weight excluding hydrogens is 1960 g/mol. The predicted molar refractivity (Wildman–Crippen MR) is 533 cm³/mol. The molecule has 12 rings (SSSR count). The maximum atomic E-state index is 14.6. The van der Waals surface area contributed by atoms with E-state index in [1.165, 1.54) is 41.4 Å². The third-order valence-corrected chi connectivity index (χ3v) is 29.0. The van der Waals surface area contributed by atoms with Crippen LogP contribution in [0.25, 0.3) is 21.3 Å². The molecule has 3 aliphatic heterocycles. The number of carboxylic acids is 2. The molecule has 6 heterocycles. The van der Waals surface area contributed by atoms with Crippen molar-refractivity contribution in [2.45, 2.75) is 174 Å². The van der Waals surface area contributed by atoms with Crippen molar-refractivity contribution in [2.75, 3.05) is 213 Å². The van der Waals surface area contributed by atoms with E-state index < -0.39 is 143 Å². The lowest BCUT2D eigenvalue weighted by molar-refractivity contribution is -0.228. The first kappa shape index (κ1) is 115. The normalized spacial score (nSPS) is 21.5. The van der Waals surface area contributed by atoms with Crippen LogP contribution < -0.4 is 26.2 Å².